The summed E-state index contributed by atoms with van der Waals surface area (Å²) in [4.78, 5) is 13.3. The number of likely N-dealkylation sites (tertiary alicyclic amines) is 1. The summed E-state index contributed by atoms with van der Waals surface area (Å²) in [7, 11) is 1.55. The van der Waals surface area contributed by atoms with Gasteiger partial charge in [-0.2, -0.15) is 5.26 Å². The standard InChI is InChI=1S/C14H16N2O3/c1-18-11-14(8-15)9-16(10-14)13(17)19-7-12-5-3-2-4-6-12/h2-6H,7,9-11H2,1H3. The lowest BCUT2D eigenvalue weighted by atomic mass is 9.82. The van der Waals surface area contributed by atoms with Crippen molar-refractivity contribution in [3.8, 4) is 6.07 Å². The summed E-state index contributed by atoms with van der Waals surface area (Å²) in [6.45, 7) is 1.32. The van der Waals surface area contributed by atoms with E-state index in [2.05, 4.69) is 6.07 Å². The van der Waals surface area contributed by atoms with Crippen LogP contribution in [0.15, 0.2) is 30.3 Å². The number of amides is 1. The Hall–Kier alpha value is -2.06. The van der Waals surface area contributed by atoms with E-state index in [1.807, 2.05) is 30.3 Å². The second-order valence-corrected chi connectivity index (χ2v) is 4.72. The zero-order valence-corrected chi connectivity index (χ0v) is 10.8. The van der Waals surface area contributed by atoms with Crippen molar-refractivity contribution >= 4 is 6.09 Å². The number of carbonyl (C=O) groups is 1. The van der Waals surface area contributed by atoms with Crippen molar-refractivity contribution in [1.29, 1.82) is 5.26 Å². The molecule has 0 aromatic heterocycles. The van der Waals surface area contributed by atoms with Crippen LogP contribution in [-0.2, 0) is 16.1 Å². The van der Waals surface area contributed by atoms with Gasteiger partial charge in [-0.1, -0.05) is 30.3 Å². The summed E-state index contributed by atoms with van der Waals surface area (Å²) in [5.74, 6) is 0. The lowest BCUT2D eigenvalue weighted by Crippen LogP contribution is -2.59. The Morgan fingerprint density at radius 3 is 2.68 bits per heavy atom. The van der Waals surface area contributed by atoms with Gasteiger partial charge in [0.25, 0.3) is 0 Å². The number of nitriles is 1. The third-order valence-corrected chi connectivity index (χ3v) is 3.11. The van der Waals surface area contributed by atoms with Crippen molar-refractivity contribution in [1.82, 2.24) is 4.90 Å². The molecule has 1 aromatic rings. The van der Waals surface area contributed by atoms with Crippen molar-refractivity contribution in [2.75, 3.05) is 26.8 Å². The molecule has 0 atom stereocenters. The van der Waals surface area contributed by atoms with Gasteiger partial charge in [0.05, 0.1) is 12.7 Å². The molecule has 5 heteroatoms. The van der Waals surface area contributed by atoms with Gasteiger partial charge in [-0.15, -0.1) is 0 Å². The fourth-order valence-corrected chi connectivity index (χ4v) is 2.09. The number of methoxy groups -OCH3 is 1. The van der Waals surface area contributed by atoms with Crippen molar-refractivity contribution < 1.29 is 14.3 Å². The lowest BCUT2D eigenvalue weighted by molar-refractivity contribution is -0.0163. The molecule has 19 heavy (non-hydrogen) atoms. The van der Waals surface area contributed by atoms with Crippen LogP contribution in [0.2, 0.25) is 0 Å². The Bertz CT molecular complexity index is 475. The predicted octanol–water partition coefficient (Wildman–Crippen LogP) is 1.80. The Morgan fingerprint density at radius 2 is 2.11 bits per heavy atom. The molecule has 1 amide bonds. The van der Waals surface area contributed by atoms with E-state index in [9.17, 15) is 4.79 Å². The number of hydrogen-bond acceptors (Lipinski definition) is 4. The van der Waals surface area contributed by atoms with Gasteiger partial charge in [-0.3, -0.25) is 0 Å². The number of nitrogens with zero attached hydrogens (tertiary/aromatic N) is 2. The van der Waals surface area contributed by atoms with Gasteiger partial charge < -0.3 is 14.4 Å². The number of ether oxygens (including phenoxy) is 2. The van der Waals surface area contributed by atoms with E-state index in [1.165, 1.54) is 4.90 Å². The summed E-state index contributed by atoms with van der Waals surface area (Å²) >= 11 is 0. The molecular formula is C14H16N2O3. The highest BCUT2D eigenvalue weighted by atomic mass is 16.6. The number of hydrogen-bond donors (Lipinski definition) is 0. The second-order valence-electron chi connectivity index (χ2n) is 4.72. The molecule has 1 aromatic carbocycles. The Balaban J connectivity index is 1.79. The summed E-state index contributed by atoms with van der Waals surface area (Å²) in [6.07, 6.45) is -0.383. The van der Waals surface area contributed by atoms with Gasteiger partial charge in [0, 0.05) is 20.2 Å². The molecule has 0 unspecified atom stereocenters. The van der Waals surface area contributed by atoms with Gasteiger partial charge in [0.2, 0.25) is 0 Å². The highest BCUT2D eigenvalue weighted by molar-refractivity contribution is 5.69. The molecule has 0 N–H and O–H groups in total. The lowest BCUT2D eigenvalue weighted by Gasteiger charge is -2.44. The first-order valence-corrected chi connectivity index (χ1v) is 6.05. The maximum atomic E-state index is 11.8. The number of benzene rings is 1. The molecule has 1 fully saturated rings. The average Bonchev–Trinajstić information content (AvgIpc) is 2.41. The van der Waals surface area contributed by atoms with Gasteiger partial charge >= 0.3 is 6.09 Å². The molecule has 1 heterocycles. The van der Waals surface area contributed by atoms with Crippen molar-refractivity contribution in [3.05, 3.63) is 35.9 Å². The molecule has 1 aliphatic rings. The topological polar surface area (TPSA) is 62.6 Å². The monoisotopic (exact) mass is 260 g/mol. The molecule has 0 aliphatic carbocycles. The zero-order chi connectivity index (χ0) is 13.7. The summed E-state index contributed by atoms with van der Waals surface area (Å²) in [5, 5.41) is 9.07. The fraction of sp³-hybridized carbons (Fsp3) is 0.429. The van der Waals surface area contributed by atoms with Gasteiger partial charge in [0.15, 0.2) is 0 Å². The minimum Gasteiger partial charge on any atom is -0.445 e. The van der Waals surface area contributed by atoms with Gasteiger partial charge in [0.1, 0.15) is 12.0 Å². The Morgan fingerprint density at radius 1 is 1.42 bits per heavy atom. The molecule has 1 saturated heterocycles. The smallest absolute Gasteiger partial charge is 0.410 e. The molecule has 0 radical (unpaired) electrons. The largest absolute Gasteiger partial charge is 0.445 e. The van der Waals surface area contributed by atoms with Crippen LogP contribution < -0.4 is 0 Å². The summed E-state index contributed by atoms with van der Waals surface area (Å²) < 4.78 is 10.2. The maximum Gasteiger partial charge on any atom is 0.410 e. The van der Waals surface area contributed by atoms with Crippen LogP contribution in [0.5, 0.6) is 0 Å². The number of carbonyl (C=O) groups excluding carboxylic acids is 1. The quantitative estimate of drug-likeness (QED) is 0.828. The third-order valence-electron chi connectivity index (χ3n) is 3.11. The average molecular weight is 260 g/mol. The molecule has 0 saturated carbocycles. The number of rotatable bonds is 4. The van der Waals surface area contributed by atoms with Crippen LogP contribution in [0.25, 0.3) is 0 Å². The molecule has 5 nitrogen and oxygen atoms in total. The van der Waals surface area contributed by atoms with Gasteiger partial charge in [-0.25, -0.2) is 4.79 Å². The Kier molecular flexibility index (Phi) is 4.03. The first kappa shape index (κ1) is 13.4. The molecule has 100 valence electrons. The van der Waals surface area contributed by atoms with Crippen LogP contribution in [0.3, 0.4) is 0 Å². The highest BCUT2D eigenvalue weighted by Gasteiger charge is 2.46. The van der Waals surface area contributed by atoms with E-state index in [-0.39, 0.29) is 12.7 Å². The fourth-order valence-electron chi connectivity index (χ4n) is 2.09. The van der Waals surface area contributed by atoms with E-state index in [4.69, 9.17) is 14.7 Å². The zero-order valence-electron chi connectivity index (χ0n) is 10.8. The molecule has 2 rings (SSSR count). The molecule has 0 spiro atoms. The summed E-state index contributed by atoms with van der Waals surface area (Å²) in [5.41, 5.74) is 0.375. The minimum absolute atomic E-state index is 0.250. The van der Waals surface area contributed by atoms with E-state index in [1.54, 1.807) is 7.11 Å². The van der Waals surface area contributed by atoms with Crippen LogP contribution in [0.1, 0.15) is 5.56 Å². The van der Waals surface area contributed by atoms with Crippen molar-refractivity contribution in [2.45, 2.75) is 6.61 Å². The first-order valence-electron chi connectivity index (χ1n) is 6.05. The van der Waals surface area contributed by atoms with Crippen molar-refractivity contribution in [2.24, 2.45) is 5.41 Å². The first-order chi connectivity index (χ1) is 9.19. The highest BCUT2D eigenvalue weighted by Crippen LogP contribution is 2.30. The molecule has 0 bridgehead atoms. The second kappa shape index (κ2) is 5.72. The van der Waals surface area contributed by atoms with E-state index < -0.39 is 5.41 Å². The van der Waals surface area contributed by atoms with Crippen molar-refractivity contribution in [3.63, 3.8) is 0 Å². The third kappa shape index (κ3) is 3.04. The van der Waals surface area contributed by atoms with Crippen LogP contribution >= 0.6 is 0 Å². The SMILES string of the molecule is COCC1(C#N)CN(C(=O)OCc2ccccc2)C1. The van der Waals surface area contributed by atoms with Crippen LogP contribution in [0.4, 0.5) is 4.79 Å². The predicted molar refractivity (Wildman–Crippen MR) is 68.1 cm³/mol. The van der Waals surface area contributed by atoms with E-state index in [0.29, 0.717) is 19.7 Å². The van der Waals surface area contributed by atoms with E-state index in [0.717, 1.165) is 5.56 Å². The van der Waals surface area contributed by atoms with E-state index >= 15 is 0 Å². The van der Waals surface area contributed by atoms with Crippen LogP contribution in [-0.4, -0.2) is 37.8 Å². The maximum absolute atomic E-state index is 11.8. The Labute approximate surface area is 112 Å². The molecule has 1 aliphatic heterocycles. The summed E-state index contributed by atoms with van der Waals surface area (Å²) in [6, 6.07) is 11.7. The van der Waals surface area contributed by atoms with Gasteiger partial charge in [-0.05, 0) is 5.56 Å². The minimum atomic E-state index is -0.569. The normalized spacial score (nSPS) is 16.3. The molecular weight excluding hydrogens is 244 g/mol. The van der Waals surface area contributed by atoms with Crippen LogP contribution in [0, 0.1) is 16.7 Å².